The molecule has 1 amide bonds. The van der Waals surface area contributed by atoms with E-state index in [0.717, 1.165) is 51.9 Å². The molecule has 0 aromatic rings. The summed E-state index contributed by atoms with van der Waals surface area (Å²) in [5, 5.41) is 0. The van der Waals surface area contributed by atoms with Crippen LogP contribution in [0.2, 0.25) is 0 Å². The van der Waals surface area contributed by atoms with Crippen molar-refractivity contribution in [2.75, 3.05) is 33.2 Å². The predicted molar refractivity (Wildman–Crippen MR) is 64.0 cm³/mol. The zero-order valence-electron chi connectivity index (χ0n) is 10.2. The number of carbonyl (C=O) groups excluding carboxylic acids is 1. The van der Waals surface area contributed by atoms with Gasteiger partial charge in [0.2, 0.25) is 5.91 Å². The van der Waals surface area contributed by atoms with Crippen molar-refractivity contribution in [3.8, 4) is 0 Å². The van der Waals surface area contributed by atoms with Crippen LogP contribution in [0.25, 0.3) is 0 Å². The highest BCUT2D eigenvalue weighted by atomic mass is 16.2. The zero-order chi connectivity index (χ0) is 11.5. The maximum absolute atomic E-state index is 12.1. The number of rotatable bonds is 2. The number of nitrogens with two attached hydrogens (primary N) is 1. The summed E-state index contributed by atoms with van der Waals surface area (Å²) < 4.78 is 0. The van der Waals surface area contributed by atoms with Gasteiger partial charge in [-0.15, -0.1) is 0 Å². The monoisotopic (exact) mass is 225 g/mol. The molecule has 0 bridgehead atoms. The van der Waals surface area contributed by atoms with Crippen LogP contribution in [-0.4, -0.2) is 55.0 Å². The van der Waals surface area contributed by atoms with E-state index >= 15 is 0 Å². The van der Waals surface area contributed by atoms with Crippen LogP contribution in [0, 0.1) is 5.92 Å². The molecule has 2 aliphatic rings. The van der Waals surface area contributed by atoms with Gasteiger partial charge in [-0.2, -0.15) is 0 Å². The Labute approximate surface area is 97.8 Å². The summed E-state index contributed by atoms with van der Waals surface area (Å²) in [5.41, 5.74) is 6.11. The van der Waals surface area contributed by atoms with Crippen LogP contribution in [0.3, 0.4) is 0 Å². The highest BCUT2D eigenvalue weighted by Crippen LogP contribution is 2.21. The normalized spacial score (nSPS) is 26.0. The lowest BCUT2D eigenvalue weighted by atomic mass is 9.89. The lowest BCUT2D eigenvalue weighted by Gasteiger charge is -2.33. The van der Waals surface area contributed by atoms with Crippen molar-refractivity contribution in [3.05, 3.63) is 0 Å². The van der Waals surface area contributed by atoms with Crippen LogP contribution < -0.4 is 5.73 Å². The van der Waals surface area contributed by atoms with E-state index in [4.69, 9.17) is 5.73 Å². The molecule has 0 aromatic carbocycles. The fraction of sp³-hybridized carbons (Fsp3) is 0.917. The Bertz CT molecular complexity index is 243. The van der Waals surface area contributed by atoms with Crippen molar-refractivity contribution >= 4 is 5.91 Å². The summed E-state index contributed by atoms with van der Waals surface area (Å²) in [7, 11) is 2.13. The third-order valence-electron chi connectivity index (χ3n) is 3.97. The molecule has 2 aliphatic heterocycles. The maximum Gasteiger partial charge on any atom is 0.239 e. The van der Waals surface area contributed by atoms with E-state index < -0.39 is 0 Å². The second-order valence-electron chi connectivity index (χ2n) is 5.20. The highest BCUT2D eigenvalue weighted by Gasteiger charge is 2.31. The Morgan fingerprint density at radius 2 is 1.75 bits per heavy atom. The Hall–Kier alpha value is -0.610. The molecule has 4 nitrogen and oxygen atoms in total. The molecule has 1 unspecified atom stereocenters. The SMILES string of the molecule is CN1CCC(C(N)C(=O)N2CCCC2)CC1. The Kier molecular flexibility index (Phi) is 3.82. The molecular weight excluding hydrogens is 202 g/mol. The highest BCUT2D eigenvalue weighted by molar-refractivity contribution is 5.82. The van der Waals surface area contributed by atoms with Gasteiger partial charge in [0, 0.05) is 13.1 Å². The summed E-state index contributed by atoms with van der Waals surface area (Å²) in [6, 6.07) is -0.258. The molecule has 2 heterocycles. The van der Waals surface area contributed by atoms with Crippen LogP contribution in [0.4, 0.5) is 0 Å². The predicted octanol–water partition coefficient (Wildman–Crippen LogP) is 0.278. The molecule has 0 saturated carbocycles. The quantitative estimate of drug-likeness (QED) is 0.734. The summed E-state index contributed by atoms with van der Waals surface area (Å²) in [6.45, 7) is 3.98. The molecule has 2 rings (SSSR count). The largest absolute Gasteiger partial charge is 0.341 e. The molecule has 16 heavy (non-hydrogen) atoms. The van der Waals surface area contributed by atoms with Crippen LogP contribution in [-0.2, 0) is 4.79 Å². The van der Waals surface area contributed by atoms with E-state index in [9.17, 15) is 4.79 Å². The molecule has 92 valence electrons. The lowest BCUT2D eigenvalue weighted by molar-refractivity contribution is -0.133. The number of hydrogen-bond donors (Lipinski definition) is 1. The van der Waals surface area contributed by atoms with E-state index in [1.807, 2.05) is 4.90 Å². The molecule has 2 fully saturated rings. The number of nitrogens with zero attached hydrogens (tertiary/aromatic N) is 2. The van der Waals surface area contributed by atoms with Gasteiger partial charge in [-0.3, -0.25) is 4.79 Å². The van der Waals surface area contributed by atoms with Crippen LogP contribution in [0.15, 0.2) is 0 Å². The molecule has 1 atom stereocenters. The number of likely N-dealkylation sites (tertiary alicyclic amines) is 2. The van der Waals surface area contributed by atoms with Crippen molar-refractivity contribution in [1.29, 1.82) is 0 Å². The Balaban J connectivity index is 1.86. The Morgan fingerprint density at radius 3 is 2.31 bits per heavy atom. The molecule has 0 aliphatic carbocycles. The first-order chi connectivity index (χ1) is 7.68. The zero-order valence-corrected chi connectivity index (χ0v) is 10.2. The van der Waals surface area contributed by atoms with Crippen molar-refractivity contribution < 1.29 is 4.79 Å². The van der Waals surface area contributed by atoms with Crippen molar-refractivity contribution in [1.82, 2.24) is 9.80 Å². The minimum atomic E-state index is -0.258. The fourth-order valence-electron chi connectivity index (χ4n) is 2.74. The molecule has 2 saturated heterocycles. The van der Waals surface area contributed by atoms with Crippen LogP contribution >= 0.6 is 0 Å². The molecular formula is C12H23N3O. The van der Waals surface area contributed by atoms with Crippen LogP contribution in [0.5, 0.6) is 0 Å². The van der Waals surface area contributed by atoms with Gasteiger partial charge in [0.15, 0.2) is 0 Å². The van der Waals surface area contributed by atoms with Crippen LogP contribution in [0.1, 0.15) is 25.7 Å². The van der Waals surface area contributed by atoms with Gasteiger partial charge in [-0.25, -0.2) is 0 Å². The van der Waals surface area contributed by atoms with E-state index in [-0.39, 0.29) is 11.9 Å². The molecule has 0 spiro atoms. The standard InChI is InChI=1S/C12H23N3O/c1-14-8-4-10(5-9-14)11(13)12(16)15-6-2-3-7-15/h10-11H,2-9,13H2,1H3. The molecule has 0 radical (unpaired) electrons. The summed E-state index contributed by atoms with van der Waals surface area (Å²) >= 11 is 0. The molecule has 4 heteroatoms. The van der Waals surface area contributed by atoms with Crippen molar-refractivity contribution in [3.63, 3.8) is 0 Å². The second kappa shape index (κ2) is 5.15. The van der Waals surface area contributed by atoms with E-state index in [1.165, 1.54) is 0 Å². The minimum absolute atomic E-state index is 0.187. The van der Waals surface area contributed by atoms with E-state index in [2.05, 4.69) is 11.9 Å². The average molecular weight is 225 g/mol. The smallest absolute Gasteiger partial charge is 0.239 e. The number of piperidine rings is 1. The summed E-state index contributed by atoms with van der Waals surface area (Å²) in [5.74, 6) is 0.580. The van der Waals surface area contributed by atoms with Gasteiger partial charge in [-0.05, 0) is 51.7 Å². The molecule has 0 aromatic heterocycles. The van der Waals surface area contributed by atoms with Crippen molar-refractivity contribution in [2.24, 2.45) is 11.7 Å². The summed E-state index contributed by atoms with van der Waals surface area (Å²) in [4.78, 5) is 16.4. The topological polar surface area (TPSA) is 49.6 Å². The van der Waals surface area contributed by atoms with Gasteiger partial charge < -0.3 is 15.5 Å². The second-order valence-corrected chi connectivity index (χ2v) is 5.20. The Morgan fingerprint density at radius 1 is 1.19 bits per heavy atom. The number of amides is 1. The lowest BCUT2D eigenvalue weighted by Crippen LogP contribution is -2.49. The van der Waals surface area contributed by atoms with Gasteiger partial charge in [0.1, 0.15) is 0 Å². The first-order valence-electron chi connectivity index (χ1n) is 6.41. The third-order valence-corrected chi connectivity index (χ3v) is 3.97. The summed E-state index contributed by atoms with van der Waals surface area (Å²) in [6.07, 6.45) is 4.42. The molecule has 2 N–H and O–H groups in total. The first kappa shape index (κ1) is 11.9. The maximum atomic E-state index is 12.1. The van der Waals surface area contributed by atoms with Crippen molar-refractivity contribution in [2.45, 2.75) is 31.7 Å². The van der Waals surface area contributed by atoms with Gasteiger partial charge in [-0.1, -0.05) is 0 Å². The third kappa shape index (κ3) is 2.55. The number of hydrogen-bond acceptors (Lipinski definition) is 3. The fourth-order valence-corrected chi connectivity index (χ4v) is 2.74. The van der Waals surface area contributed by atoms with E-state index in [0.29, 0.717) is 5.92 Å². The minimum Gasteiger partial charge on any atom is -0.341 e. The number of carbonyl (C=O) groups is 1. The van der Waals surface area contributed by atoms with Gasteiger partial charge in [0.05, 0.1) is 6.04 Å². The van der Waals surface area contributed by atoms with E-state index in [1.54, 1.807) is 0 Å². The first-order valence-corrected chi connectivity index (χ1v) is 6.41. The van der Waals surface area contributed by atoms with Gasteiger partial charge >= 0.3 is 0 Å². The average Bonchev–Trinajstić information content (AvgIpc) is 2.81. The van der Waals surface area contributed by atoms with Gasteiger partial charge in [0.25, 0.3) is 0 Å².